The third-order valence-electron chi connectivity index (χ3n) is 2.33. The first-order chi connectivity index (χ1) is 7.65. The third kappa shape index (κ3) is 3.66. The highest BCUT2D eigenvalue weighted by Crippen LogP contribution is 2.18. The van der Waals surface area contributed by atoms with Gasteiger partial charge in [0.25, 0.3) is 0 Å². The van der Waals surface area contributed by atoms with Crippen molar-refractivity contribution in [3.05, 3.63) is 11.9 Å². The van der Waals surface area contributed by atoms with E-state index in [2.05, 4.69) is 22.2 Å². The standard InChI is InChI=1S/C11H20N4O/c1-3-4-9-10(12)14-7-15-11(9)13-6-5-8(2)16/h7-8,16H,3-6H2,1-2H3,(H3,12,13,14,15). The van der Waals surface area contributed by atoms with Crippen molar-refractivity contribution in [2.45, 2.75) is 39.2 Å². The van der Waals surface area contributed by atoms with Crippen molar-refractivity contribution >= 4 is 11.6 Å². The number of nitrogens with zero attached hydrogens (tertiary/aromatic N) is 2. The van der Waals surface area contributed by atoms with Crippen molar-refractivity contribution < 1.29 is 5.11 Å². The highest BCUT2D eigenvalue weighted by atomic mass is 16.3. The number of aliphatic hydroxyl groups is 1. The topological polar surface area (TPSA) is 84.1 Å². The Morgan fingerprint density at radius 1 is 1.50 bits per heavy atom. The van der Waals surface area contributed by atoms with Gasteiger partial charge >= 0.3 is 0 Å². The largest absolute Gasteiger partial charge is 0.393 e. The molecule has 1 aromatic rings. The van der Waals surface area contributed by atoms with Gasteiger partial charge in [-0.15, -0.1) is 0 Å². The van der Waals surface area contributed by atoms with Gasteiger partial charge in [-0.25, -0.2) is 9.97 Å². The minimum absolute atomic E-state index is 0.304. The van der Waals surface area contributed by atoms with Crippen LogP contribution in [0.3, 0.4) is 0 Å². The van der Waals surface area contributed by atoms with Gasteiger partial charge in [0.2, 0.25) is 0 Å². The van der Waals surface area contributed by atoms with Crippen LogP contribution in [0.25, 0.3) is 0 Å². The molecular formula is C11H20N4O. The summed E-state index contributed by atoms with van der Waals surface area (Å²) in [6, 6.07) is 0. The van der Waals surface area contributed by atoms with Crippen molar-refractivity contribution in [1.29, 1.82) is 0 Å². The van der Waals surface area contributed by atoms with Crippen LogP contribution in [0.5, 0.6) is 0 Å². The quantitative estimate of drug-likeness (QED) is 0.676. The Morgan fingerprint density at radius 2 is 2.25 bits per heavy atom. The van der Waals surface area contributed by atoms with Crippen molar-refractivity contribution in [2.24, 2.45) is 0 Å². The van der Waals surface area contributed by atoms with Gasteiger partial charge in [-0.05, 0) is 19.8 Å². The lowest BCUT2D eigenvalue weighted by molar-refractivity contribution is 0.188. The second-order valence-electron chi connectivity index (χ2n) is 3.90. The van der Waals surface area contributed by atoms with E-state index in [1.54, 1.807) is 6.92 Å². The van der Waals surface area contributed by atoms with Gasteiger partial charge in [0, 0.05) is 12.1 Å². The van der Waals surface area contributed by atoms with Crippen LogP contribution in [0, 0.1) is 0 Å². The summed E-state index contributed by atoms with van der Waals surface area (Å²) in [6.45, 7) is 4.54. The predicted molar refractivity (Wildman–Crippen MR) is 65.2 cm³/mol. The molecule has 1 atom stereocenters. The first kappa shape index (κ1) is 12.7. The number of nitrogens with one attached hydrogen (secondary N) is 1. The number of aliphatic hydroxyl groups excluding tert-OH is 1. The molecule has 0 bridgehead atoms. The van der Waals surface area contributed by atoms with E-state index in [-0.39, 0.29) is 6.10 Å². The van der Waals surface area contributed by atoms with E-state index in [9.17, 15) is 0 Å². The molecule has 1 aromatic heterocycles. The molecule has 0 amide bonds. The zero-order valence-corrected chi connectivity index (χ0v) is 9.90. The first-order valence-electron chi connectivity index (χ1n) is 5.66. The summed E-state index contributed by atoms with van der Waals surface area (Å²) in [5, 5.41) is 12.3. The van der Waals surface area contributed by atoms with E-state index in [1.165, 1.54) is 6.33 Å². The summed E-state index contributed by atoms with van der Waals surface area (Å²) in [5.41, 5.74) is 6.77. The monoisotopic (exact) mass is 224 g/mol. The van der Waals surface area contributed by atoms with E-state index in [1.807, 2.05) is 0 Å². The zero-order chi connectivity index (χ0) is 12.0. The molecule has 0 fully saturated rings. The summed E-state index contributed by atoms with van der Waals surface area (Å²) in [4.78, 5) is 8.15. The number of nitrogen functional groups attached to an aromatic ring is 1. The molecule has 0 saturated heterocycles. The Morgan fingerprint density at radius 3 is 2.88 bits per heavy atom. The van der Waals surface area contributed by atoms with Crippen LogP contribution in [0.4, 0.5) is 11.6 Å². The Kier molecular flexibility index (Phi) is 4.98. The summed E-state index contributed by atoms with van der Waals surface area (Å²) in [6.07, 6.45) is 3.71. The Hall–Kier alpha value is -1.36. The number of aromatic nitrogens is 2. The molecule has 0 aliphatic heterocycles. The minimum Gasteiger partial charge on any atom is -0.393 e. The van der Waals surface area contributed by atoms with E-state index >= 15 is 0 Å². The Balaban J connectivity index is 2.66. The first-order valence-corrected chi connectivity index (χ1v) is 5.66. The molecule has 4 N–H and O–H groups in total. The lowest BCUT2D eigenvalue weighted by atomic mass is 10.1. The molecular weight excluding hydrogens is 204 g/mol. The van der Waals surface area contributed by atoms with Gasteiger partial charge in [0.15, 0.2) is 0 Å². The van der Waals surface area contributed by atoms with Crippen LogP contribution in [-0.2, 0) is 6.42 Å². The molecule has 0 aromatic carbocycles. The van der Waals surface area contributed by atoms with Crippen molar-refractivity contribution in [1.82, 2.24) is 9.97 Å². The van der Waals surface area contributed by atoms with Gasteiger partial charge in [0.1, 0.15) is 18.0 Å². The number of anilines is 2. The highest BCUT2D eigenvalue weighted by Gasteiger charge is 2.07. The molecule has 1 rings (SSSR count). The van der Waals surface area contributed by atoms with Gasteiger partial charge in [0.05, 0.1) is 6.10 Å². The third-order valence-corrected chi connectivity index (χ3v) is 2.33. The molecule has 16 heavy (non-hydrogen) atoms. The normalized spacial score (nSPS) is 12.4. The molecule has 5 nitrogen and oxygen atoms in total. The molecule has 0 saturated carbocycles. The molecule has 0 radical (unpaired) electrons. The van der Waals surface area contributed by atoms with Gasteiger partial charge in [-0.1, -0.05) is 13.3 Å². The van der Waals surface area contributed by atoms with Crippen LogP contribution < -0.4 is 11.1 Å². The van der Waals surface area contributed by atoms with Crippen molar-refractivity contribution in [3.8, 4) is 0 Å². The van der Waals surface area contributed by atoms with E-state index in [0.29, 0.717) is 18.8 Å². The molecule has 0 spiro atoms. The van der Waals surface area contributed by atoms with Crippen molar-refractivity contribution in [3.63, 3.8) is 0 Å². The summed E-state index contributed by atoms with van der Waals surface area (Å²) >= 11 is 0. The second kappa shape index (κ2) is 6.27. The van der Waals surface area contributed by atoms with E-state index in [4.69, 9.17) is 10.8 Å². The molecule has 1 unspecified atom stereocenters. The van der Waals surface area contributed by atoms with Crippen LogP contribution in [0.1, 0.15) is 32.3 Å². The zero-order valence-electron chi connectivity index (χ0n) is 9.90. The number of nitrogens with two attached hydrogens (primary N) is 1. The number of hydrogen-bond donors (Lipinski definition) is 3. The fourth-order valence-corrected chi connectivity index (χ4v) is 1.47. The number of rotatable bonds is 6. The molecule has 90 valence electrons. The fourth-order valence-electron chi connectivity index (χ4n) is 1.47. The smallest absolute Gasteiger partial charge is 0.134 e. The van der Waals surface area contributed by atoms with Crippen LogP contribution in [0.15, 0.2) is 6.33 Å². The average Bonchev–Trinajstić information content (AvgIpc) is 2.22. The second-order valence-corrected chi connectivity index (χ2v) is 3.90. The molecule has 0 aliphatic rings. The fraction of sp³-hybridized carbons (Fsp3) is 0.636. The van der Waals surface area contributed by atoms with Crippen molar-refractivity contribution in [2.75, 3.05) is 17.6 Å². The Bertz CT molecular complexity index is 328. The van der Waals surface area contributed by atoms with Gasteiger partial charge in [-0.2, -0.15) is 0 Å². The SMILES string of the molecule is CCCc1c(N)ncnc1NCCC(C)O. The number of hydrogen-bond acceptors (Lipinski definition) is 5. The van der Waals surface area contributed by atoms with Crippen LogP contribution >= 0.6 is 0 Å². The lowest BCUT2D eigenvalue weighted by Gasteiger charge is -2.12. The van der Waals surface area contributed by atoms with Crippen LogP contribution in [-0.4, -0.2) is 27.7 Å². The van der Waals surface area contributed by atoms with E-state index in [0.717, 1.165) is 24.2 Å². The highest BCUT2D eigenvalue weighted by molar-refractivity contribution is 5.54. The summed E-state index contributed by atoms with van der Waals surface area (Å²) < 4.78 is 0. The van der Waals surface area contributed by atoms with Gasteiger partial charge in [-0.3, -0.25) is 0 Å². The van der Waals surface area contributed by atoms with Crippen LogP contribution in [0.2, 0.25) is 0 Å². The average molecular weight is 224 g/mol. The maximum absolute atomic E-state index is 9.16. The maximum atomic E-state index is 9.16. The summed E-state index contributed by atoms with van der Waals surface area (Å²) in [5.74, 6) is 1.33. The Labute approximate surface area is 96.1 Å². The summed E-state index contributed by atoms with van der Waals surface area (Å²) in [7, 11) is 0. The lowest BCUT2D eigenvalue weighted by Crippen LogP contribution is -2.13. The molecule has 5 heteroatoms. The van der Waals surface area contributed by atoms with Gasteiger partial charge < -0.3 is 16.2 Å². The maximum Gasteiger partial charge on any atom is 0.134 e. The van der Waals surface area contributed by atoms with E-state index < -0.39 is 0 Å². The minimum atomic E-state index is -0.304. The predicted octanol–water partition coefficient (Wildman–Crippen LogP) is 1.19. The molecule has 1 heterocycles. The molecule has 0 aliphatic carbocycles.